The number of nitrogens with zero attached hydrogens (tertiary/aromatic N) is 1. The van der Waals surface area contributed by atoms with Crippen molar-refractivity contribution in [3.63, 3.8) is 0 Å². The van der Waals surface area contributed by atoms with Gasteiger partial charge in [-0.05, 0) is 37.1 Å². The van der Waals surface area contributed by atoms with Crippen LogP contribution < -0.4 is 10.2 Å². The van der Waals surface area contributed by atoms with Crippen LogP contribution in [0.3, 0.4) is 0 Å². The Labute approximate surface area is 177 Å². The molecule has 0 aromatic heterocycles. The van der Waals surface area contributed by atoms with Crippen LogP contribution in [0.5, 0.6) is 0 Å². The van der Waals surface area contributed by atoms with E-state index in [1.165, 1.54) is 23.8 Å². The van der Waals surface area contributed by atoms with E-state index in [0.29, 0.717) is 5.69 Å². The van der Waals surface area contributed by atoms with Gasteiger partial charge in [-0.1, -0.05) is 56.0 Å². The van der Waals surface area contributed by atoms with Crippen molar-refractivity contribution in [2.24, 2.45) is 0 Å². The Kier molecular flexibility index (Phi) is 7.60. The second kappa shape index (κ2) is 10.6. The van der Waals surface area contributed by atoms with Gasteiger partial charge >= 0.3 is 5.97 Å². The minimum Gasteiger partial charge on any atom is -0.452 e. The molecule has 1 aliphatic rings. The van der Waals surface area contributed by atoms with Crippen molar-refractivity contribution < 1.29 is 19.1 Å². The average molecular weight is 408 g/mol. The molecule has 158 valence electrons. The van der Waals surface area contributed by atoms with Crippen molar-refractivity contribution >= 4 is 23.5 Å². The number of para-hydroxylation sites is 1. The van der Waals surface area contributed by atoms with E-state index in [2.05, 4.69) is 5.32 Å². The maximum Gasteiger partial charge on any atom is 0.339 e. The van der Waals surface area contributed by atoms with Gasteiger partial charge in [0, 0.05) is 18.8 Å². The summed E-state index contributed by atoms with van der Waals surface area (Å²) in [6, 6.07) is 15.8. The molecule has 0 saturated heterocycles. The van der Waals surface area contributed by atoms with Crippen molar-refractivity contribution in [2.75, 3.05) is 18.6 Å². The Morgan fingerprint density at radius 3 is 2.17 bits per heavy atom. The molecule has 2 amide bonds. The zero-order chi connectivity index (χ0) is 21.3. The fraction of sp³-hybridized carbons (Fsp3) is 0.375. The summed E-state index contributed by atoms with van der Waals surface area (Å²) in [5.74, 6) is -1.31. The number of benzene rings is 2. The Bertz CT molecular complexity index is 874. The highest BCUT2D eigenvalue weighted by Gasteiger charge is 2.22. The molecule has 0 unspecified atom stereocenters. The van der Waals surface area contributed by atoms with Crippen LogP contribution in [0.4, 0.5) is 5.69 Å². The van der Waals surface area contributed by atoms with E-state index in [9.17, 15) is 14.4 Å². The van der Waals surface area contributed by atoms with Crippen molar-refractivity contribution in [2.45, 2.75) is 44.6 Å². The van der Waals surface area contributed by atoms with Gasteiger partial charge < -0.3 is 15.0 Å². The van der Waals surface area contributed by atoms with Crippen molar-refractivity contribution in [3.05, 3.63) is 65.7 Å². The van der Waals surface area contributed by atoms with Crippen LogP contribution in [0.1, 0.15) is 59.2 Å². The van der Waals surface area contributed by atoms with Crippen LogP contribution in [-0.2, 0) is 9.53 Å². The maximum atomic E-state index is 12.9. The molecule has 2 aromatic carbocycles. The molecule has 1 saturated carbocycles. The molecule has 0 radical (unpaired) electrons. The van der Waals surface area contributed by atoms with E-state index < -0.39 is 5.97 Å². The minimum absolute atomic E-state index is 0.145. The number of carbonyl (C=O) groups excluding carboxylic acids is 3. The fourth-order valence-electron chi connectivity index (χ4n) is 3.70. The molecule has 0 spiro atoms. The molecule has 0 aliphatic heterocycles. The molecule has 1 aliphatic carbocycles. The largest absolute Gasteiger partial charge is 0.452 e. The van der Waals surface area contributed by atoms with E-state index in [4.69, 9.17) is 4.74 Å². The number of carbonyl (C=O) groups is 3. The Balaban J connectivity index is 1.62. The Morgan fingerprint density at radius 2 is 1.50 bits per heavy atom. The van der Waals surface area contributed by atoms with Crippen LogP contribution >= 0.6 is 0 Å². The third-order valence-electron chi connectivity index (χ3n) is 5.38. The van der Waals surface area contributed by atoms with E-state index in [1.54, 1.807) is 25.2 Å². The summed E-state index contributed by atoms with van der Waals surface area (Å²) in [7, 11) is 1.65. The van der Waals surface area contributed by atoms with Gasteiger partial charge in [-0.3, -0.25) is 9.59 Å². The van der Waals surface area contributed by atoms with E-state index in [-0.39, 0.29) is 35.6 Å². The second-order valence-corrected chi connectivity index (χ2v) is 7.58. The molecule has 1 fully saturated rings. The summed E-state index contributed by atoms with van der Waals surface area (Å²) < 4.78 is 5.22. The van der Waals surface area contributed by atoms with Crippen molar-refractivity contribution in [1.82, 2.24) is 5.32 Å². The van der Waals surface area contributed by atoms with E-state index >= 15 is 0 Å². The topological polar surface area (TPSA) is 75.7 Å². The van der Waals surface area contributed by atoms with Gasteiger partial charge in [-0.2, -0.15) is 0 Å². The molecular formula is C24H28N2O4. The molecule has 2 aromatic rings. The van der Waals surface area contributed by atoms with E-state index in [0.717, 1.165) is 25.7 Å². The zero-order valence-electron chi connectivity index (χ0n) is 17.3. The van der Waals surface area contributed by atoms with Crippen molar-refractivity contribution in [1.29, 1.82) is 0 Å². The number of nitrogens with one attached hydrogen (secondary N) is 1. The van der Waals surface area contributed by atoms with Gasteiger partial charge in [0.25, 0.3) is 11.8 Å². The molecule has 6 nitrogen and oxygen atoms in total. The zero-order valence-corrected chi connectivity index (χ0v) is 17.3. The third-order valence-corrected chi connectivity index (χ3v) is 5.38. The van der Waals surface area contributed by atoms with Crippen LogP contribution in [0.25, 0.3) is 0 Å². The highest BCUT2D eigenvalue weighted by atomic mass is 16.5. The molecule has 0 heterocycles. The molecular weight excluding hydrogens is 380 g/mol. The average Bonchev–Trinajstić information content (AvgIpc) is 3.05. The lowest BCUT2D eigenvalue weighted by atomic mass is 10.1. The van der Waals surface area contributed by atoms with Crippen LogP contribution in [0.2, 0.25) is 0 Å². The first-order chi connectivity index (χ1) is 14.6. The van der Waals surface area contributed by atoms with Crippen LogP contribution in [-0.4, -0.2) is 37.5 Å². The number of hydrogen-bond donors (Lipinski definition) is 1. The molecule has 1 N–H and O–H groups in total. The summed E-state index contributed by atoms with van der Waals surface area (Å²) in [6.07, 6.45) is 6.53. The second-order valence-electron chi connectivity index (χ2n) is 7.58. The third kappa shape index (κ3) is 5.69. The standard InChI is InChI=1S/C24H28N2O4/c1-26(19-13-7-4-8-14-19)23(28)20-15-9-10-16-21(20)24(29)30-17-22(27)25-18-11-5-2-3-6-12-18/h4,7-10,13-16,18H,2-3,5-6,11-12,17H2,1H3,(H,25,27). The molecule has 3 rings (SSSR count). The number of rotatable bonds is 6. The van der Waals surface area contributed by atoms with E-state index in [1.807, 2.05) is 30.3 Å². The lowest BCUT2D eigenvalue weighted by Crippen LogP contribution is -2.37. The number of amides is 2. The lowest BCUT2D eigenvalue weighted by molar-refractivity contribution is -0.125. The quantitative estimate of drug-likeness (QED) is 0.580. The smallest absolute Gasteiger partial charge is 0.339 e. The monoisotopic (exact) mass is 408 g/mol. The summed E-state index contributed by atoms with van der Waals surface area (Å²) in [5, 5.41) is 2.95. The van der Waals surface area contributed by atoms with Crippen molar-refractivity contribution in [3.8, 4) is 0 Å². The van der Waals surface area contributed by atoms with Gasteiger partial charge in [0.2, 0.25) is 0 Å². The van der Waals surface area contributed by atoms with Gasteiger partial charge in [-0.25, -0.2) is 4.79 Å². The first kappa shape index (κ1) is 21.6. The summed E-state index contributed by atoms with van der Waals surface area (Å²) in [6.45, 7) is -0.355. The Hall–Kier alpha value is -3.15. The first-order valence-corrected chi connectivity index (χ1v) is 10.4. The molecule has 0 bridgehead atoms. The summed E-state index contributed by atoms with van der Waals surface area (Å²) in [4.78, 5) is 39.2. The van der Waals surface area contributed by atoms with Crippen LogP contribution in [0.15, 0.2) is 54.6 Å². The number of ether oxygens (including phenoxy) is 1. The van der Waals surface area contributed by atoms with Crippen LogP contribution in [0, 0.1) is 0 Å². The fourth-order valence-corrected chi connectivity index (χ4v) is 3.70. The summed E-state index contributed by atoms with van der Waals surface area (Å²) >= 11 is 0. The lowest BCUT2D eigenvalue weighted by Gasteiger charge is -2.19. The predicted octanol–water partition coefficient (Wildman–Crippen LogP) is 3.96. The number of anilines is 1. The van der Waals surface area contributed by atoms with Gasteiger partial charge in [-0.15, -0.1) is 0 Å². The number of hydrogen-bond acceptors (Lipinski definition) is 4. The highest BCUT2D eigenvalue weighted by Crippen LogP contribution is 2.19. The van der Waals surface area contributed by atoms with Gasteiger partial charge in [0.1, 0.15) is 0 Å². The predicted molar refractivity (Wildman–Crippen MR) is 116 cm³/mol. The minimum atomic E-state index is -0.684. The normalized spacial score (nSPS) is 14.4. The number of esters is 1. The molecule has 30 heavy (non-hydrogen) atoms. The maximum absolute atomic E-state index is 12.9. The van der Waals surface area contributed by atoms with Gasteiger partial charge in [0.05, 0.1) is 11.1 Å². The first-order valence-electron chi connectivity index (χ1n) is 10.4. The Morgan fingerprint density at radius 1 is 0.900 bits per heavy atom. The molecule has 6 heteroatoms. The summed E-state index contributed by atoms with van der Waals surface area (Å²) in [5.41, 5.74) is 1.10. The highest BCUT2D eigenvalue weighted by molar-refractivity contribution is 6.12. The van der Waals surface area contributed by atoms with Gasteiger partial charge in [0.15, 0.2) is 6.61 Å². The molecule has 0 atom stereocenters. The SMILES string of the molecule is CN(C(=O)c1ccccc1C(=O)OCC(=O)NC1CCCCCC1)c1ccccc1.